The van der Waals surface area contributed by atoms with Crippen LogP contribution in [0.15, 0.2) is 36.4 Å². The summed E-state index contributed by atoms with van der Waals surface area (Å²) in [5.74, 6) is 0. The van der Waals surface area contributed by atoms with Crippen molar-refractivity contribution in [1.29, 1.82) is 0 Å². The molecule has 2 nitrogen and oxygen atoms in total. The van der Waals surface area contributed by atoms with E-state index in [0.717, 1.165) is 5.56 Å². The second-order valence-corrected chi connectivity index (χ2v) is 3.00. The first-order valence-electron chi connectivity index (χ1n) is 4.29. The van der Waals surface area contributed by atoms with Crippen molar-refractivity contribution in [2.24, 2.45) is 0 Å². The molecular weight excluding hydrogens is 164 g/mol. The number of rotatable bonds is 3. The highest BCUT2D eigenvalue weighted by Crippen LogP contribution is 2.03. The van der Waals surface area contributed by atoms with Gasteiger partial charge in [0.15, 0.2) is 0 Å². The molecule has 0 radical (unpaired) electrons. The van der Waals surface area contributed by atoms with Crippen LogP contribution in [0.4, 0.5) is 0 Å². The monoisotopic (exact) mass is 178 g/mol. The SMILES string of the molecule is C[C@@H](O)C(O)/C=C/c1ccccc1. The highest BCUT2D eigenvalue weighted by atomic mass is 16.3. The summed E-state index contributed by atoms with van der Waals surface area (Å²) in [6, 6.07) is 9.65. The normalized spacial score (nSPS) is 15.9. The third-order valence-corrected chi connectivity index (χ3v) is 1.78. The first kappa shape index (κ1) is 9.96. The number of aliphatic hydroxyl groups is 2. The van der Waals surface area contributed by atoms with Crippen molar-refractivity contribution in [3.8, 4) is 0 Å². The van der Waals surface area contributed by atoms with Crippen molar-refractivity contribution in [1.82, 2.24) is 0 Å². The summed E-state index contributed by atoms with van der Waals surface area (Å²) >= 11 is 0. The van der Waals surface area contributed by atoms with Crippen LogP contribution in [-0.4, -0.2) is 22.4 Å². The van der Waals surface area contributed by atoms with Gasteiger partial charge in [-0.3, -0.25) is 0 Å². The van der Waals surface area contributed by atoms with Crippen LogP contribution in [0.2, 0.25) is 0 Å². The Kier molecular flexibility index (Phi) is 3.68. The lowest BCUT2D eigenvalue weighted by Crippen LogP contribution is -2.19. The smallest absolute Gasteiger partial charge is 0.0980 e. The molecule has 2 N–H and O–H groups in total. The fourth-order valence-corrected chi connectivity index (χ4v) is 0.935. The van der Waals surface area contributed by atoms with E-state index in [-0.39, 0.29) is 0 Å². The van der Waals surface area contributed by atoms with Gasteiger partial charge in [0.25, 0.3) is 0 Å². The molecule has 0 aliphatic heterocycles. The molecule has 1 aromatic carbocycles. The maximum Gasteiger partial charge on any atom is 0.0980 e. The topological polar surface area (TPSA) is 40.5 Å². The second kappa shape index (κ2) is 4.80. The van der Waals surface area contributed by atoms with Crippen molar-refractivity contribution in [3.05, 3.63) is 42.0 Å². The molecule has 0 saturated heterocycles. The van der Waals surface area contributed by atoms with Crippen molar-refractivity contribution < 1.29 is 10.2 Å². The van der Waals surface area contributed by atoms with E-state index >= 15 is 0 Å². The van der Waals surface area contributed by atoms with E-state index in [2.05, 4.69) is 0 Å². The van der Waals surface area contributed by atoms with Gasteiger partial charge >= 0.3 is 0 Å². The van der Waals surface area contributed by atoms with E-state index in [0.29, 0.717) is 0 Å². The quantitative estimate of drug-likeness (QED) is 0.735. The van der Waals surface area contributed by atoms with Gasteiger partial charge < -0.3 is 10.2 Å². The van der Waals surface area contributed by atoms with Crippen molar-refractivity contribution >= 4 is 6.08 Å². The lowest BCUT2D eigenvalue weighted by atomic mass is 10.1. The molecule has 0 heterocycles. The van der Waals surface area contributed by atoms with Gasteiger partial charge in [-0.1, -0.05) is 42.5 Å². The highest BCUT2D eigenvalue weighted by molar-refractivity contribution is 5.49. The standard InChI is InChI=1S/C11H14O2/c1-9(12)11(13)8-7-10-5-3-2-4-6-10/h2-9,11-13H,1H3/b8-7+/t9-,11?/m1/s1. The predicted octanol–water partition coefficient (Wildman–Crippen LogP) is 1.44. The Morgan fingerprint density at radius 1 is 1.15 bits per heavy atom. The molecule has 0 fully saturated rings. The van der Waals surface area contributed by atoms with Crippen LogP contribution in [0.5, 0.6) is 0 Å². The van der Waals surface area contributed by atoms with Gasteiger partial charge in [-0.15, -0.1) is 0 Å². The summed E-state index contributed by atoms with van der Waals surface area (Å²) in [4.78, 5) is 0. The van der Waals surface area contributed by atoms with Gasteiger partial charge in [0, 0.05) is 0 Å². The number of aliphatic hydroxyl groups excluding tert-OH is 2. The summed E-state index contributed by atoms with van der Waals surface area (Å²) in [7, 11) is 0. The van der Waals surface area contributed by atoms with Crippen molar-refractivity contribution in [2.75, 3.05) is 0 Å². The molecule has 1 aromatic rings. The molecule has 0 spiro atoms. The first-order valence-corrected chi connectivity index (χ1v) is 4.29. The Hall–Kier alpha value is -1.12. The van der Waals surface area contributed by atoms with Crippen molar-refractivity contribution in [2.45, 2.75) is 19.1 Å². The van der Waals surface area contributed by atoms with Gasteiger partial charge in [-0.05, 0) is 12.5 Å². The molecule has 1 rings (SSSR count). The van der Waals surface area contributed by atoms with Crippen LogP contribution in [0.1, 0.15) is 12.5 Å². The van der Waals surface area contributed by atoms with E-state index in [4.69, 9.17) is 5.11 Å². The van der Waals surface area contributed by atoms with Gasteiger partial charge in [0.2, 0.25) is 0 Å². The van der Waals surface area contributed by atoms with Gasteiger partial charge in [-0.2, -0.15) is 0 Å². The van der Waals surface area contributed by atoms with Crippen LogP contribution in [0.3, 0.4) is 0 Å². The molecule has 1 unspecified atom stereocenters. The average Bonchev–Trinajstić information content (AvgIpc) is 2.15. The molecule has 0 saturated carbocycles. The van der Waals surface area contributed by atoms with Crippen LogP contribution in [0.25, 0.3) is 6.08 Å². The summed E-state index contributed by atoms with van der Waals surface area (Å²) < 4.78 is 0. The van der Waals surface area contributed by atoms with Crippen LogP contribution < -0.4 is 0 Å². The molecule has 0 bridgehead atoms. The van der Waals surface area contributed by atoms with Crippen LogP contribution in [-0.2, 0) is 0 Å². The molecule has 0 aliphatic rings. The molecule has 2 atom stereocenters. The largest absolute Gasteiger partial charge is 0.390 e. The Morgan fingerprint density at radius 2 is 1.77 bits per heavy atom. The number of hydrogen-bond acceptors (Lipinski definition) is 2. The molecule has 13 heavy (non-hydrogen) atoms. The fraction of sp³-hybridized carbons (Fsp3) is 0.273. The minimum Gasteiger partial charge on any atom is -0.390 e. The predicted molar refractivity (Wildman–Crippen MR) is 53.2 cm³/mol. The van der Waals surface area contributed by atoms with Gasteiger partial charge in [0.1, 0.15) is 0 Å². The van der Waals surface area contributed by atoms with Gasteiger partial charge in [-0.25, -0.2) is 0 Å². The lowest BCUT2D eigenvalue weighted by molar-refractivity contribution is 0.0624. The molecule has 2 heteroatoms. The molecule has 0 amide bonds. The third-order valence-electron chi connectivity index (χ3n) is 1.78. The van der Waals surface area contributed by atoms with Gasteiger partial charge in [0.05, 0.1) is 12.2 Å². The maximum atomic E-state index is 9.25. The summed E-state index contributed by atoms with van der Waals surface area (Å²) in [6.45, 7) is 1.56. The first-order chi connectivity index (χ1) is 6.20. The number of benzene rings is 1. The van der Waals surface area contributed by atoms with Crippen molar-refractivity contribution in [3.63, 3.8) is 0 Å². The van der Waals surface area contributed by atoms with Crippen LogP contribution >= 0.6 is 0 Å². The van der Waals surface area contributed by atoms with E-state index < -0.39 is 12.2 Å². The Bertz CT molecular complexity index is 265. The lowest BCUT2D eigenvalue weighted by Gasteiger charge is -2.07. The summed E-state index contributed by atoms with van der Waals surface area (Å²) in [5, 5.41) is 18.2. The van der Waals surface area contributed by atoms with E-state index in [1.54, 1.807) is 19.1 Å². The van der Waals surface area contributed by atoms with Crippen LogP contribution in [0, 0.1) is 0 Å². The minimum absolute atomic E-state index is 0.722. The Balaban J connectivity index is 2.59. The third kappa shape index (κ3) is 3.40. The Labute approximate surface area is 78.2 Å². The molecule has 0 aliphatic carbocycles. The molecular formula is C11H14O2. The van der Waals surface area contributed by atoms with E-state index in [9.17, 15) is 5.11 Å². The zero-order chi connectivity index (χ0) is 9.68. The second-order valence-electron chi connectivity index (χ2n) is 3.00. The highest BCUT2D eigenvalue weighted by Gasteiger charge is 2.04. The zero-order valence-electron chi connectivity index (χ0n) is 7.59. The molecule has 0 aromatic heterocycles. The summed E-state index contributed by atoms with van der Waals surface area (Å²) in [5.41, 5.74) is 1.02. The number of hydrogen-bond donors (Lipinski definition) is 2. The molecule has 70 valence electrons. The maximum absolute atomic E-state index is 9.25. The zero-order valence-corrected chi connectivity index (χ0v) is 7.59. The fourth-order valence-electron chi connectivity index (χ4n) is 0.935. The summed E-state index contributed by atoms with van der Waals surface area (Å²) in [6.07, 6.45) is 1.86. The Morgan fingerprint density at radius 3 is 2.31 bits per heavy atom. The minimum atomic E-state index is -0.791. The average molecular weight is 178 g/mol. The van der Waals surface area contributed by atoms with E-state index in [1.165, 1.54) is 0 Å². The van der Waals surface area contributed by atoms with E-state index in [1.807, 2.05) is 30.3 Å².